The number of carbonyl (C=O) groups excluding carboxylic acids is 1. The minimum atomic E-state index is -0.116. The standard InChI is InChI=1S/C18H19NO2/c1-12-6-7-15(11-17(12)20)18(21)19-16-9-8-13-4-2-3-5-14(13)10-16/h2-7,11,16,20H,8-10H2,1H3,(H,19,21). The van der Waals surface area contributed by atoms with Gasteiger partial charge in [-0.3, -0.25) is 4.79 Å². The van der Waals surface area contributed by atoms with Crippen LogP contribution in [0.3, 0.4) is 0 Å². The average molecular weight is 281 g/mol. The fourth-order valence-electron chi connectivity index (χ4n) is 2.84. The maximum atomic E-state index is 12.3. The Hall–Kier alpha value is -2.29. The van der Waals surface area contributed by atoms with Gasteiger partial charge in [0.25, 0.3) is 5.91 Å². The van der Waals surface area contributed by atoms with Gasteiger partial charge >= 0.3 is 0 Å². The van der Waals surface area contributed by atoms with Crippen LogP contribution in [0.5, 0.6) is 5.75 Å². The van der Waals surface area contributed by atoms with Crippen LogP contribution < -0.4 is 5.32 Å². The quantitative estimate of drug-likeness (QED) is 0.889. The Morgan fingerprint density at radius 1 is 1.19 bits per heavy atom. The third-order valence-corrected chi connectivity index (χ3v) is 4.15. The highest BCUT2D eigenvalue weighted by atomic mass is 16.3. The van der Waals surface area contributed by atoms with Crippen molar-refractivity contribution in [2.45, 2.75) is 32.2 Å². The number of fused-ring (bicyclic) bond motifs is 1. The van der Waals surface area contributed by atoms with Gasteiger partial charge in [0.15, 0.2) is 0 Å². The number of phenols is 1. The smallest absolute Gasteiger partial charge is 0.251 e. The number of nitrogens with one attached hydrogen (secondary N) is 1. The highest BCUT2D eigenvalue weighted by molar-refractivity contribution is 5.94. The number of aromatic hydroxyl groups is 1. The number of rotatable bonds is 2. The molecule has 0 aromatic heterocycles. The number of hydrogen-bond acceptors (Lipinski definition) is 2. The molecule has 1 amide bonds. The first-order chi connectivity index (χ1) is 10.1. The Morgan fingerprint density at radius 2 is 1.95 bits per heavy atom. The van der Waals surface area contributed by atoms with Crippen molar-refractivity contribution in [2.24, 2.45) is 0 Å². The van der Waals surface area contributed by atoms with Crippen molar-refractivity contribution < 1.29 is 9.90 Å². The summed E-state index contributed by atoms with van der Waals surface area (Å²) < 4.78 is 0. The lowest BCUT2D eigenvalue weighted by molar-refractivity contribution is 0.0933. The predicted molar refractivity (Wildman–Crippen MR) is 82.6 cm³/mol. The Balaban J connectivity index is 1.70. The first kappa shape index (κ1) is 13.7. The van der Waals surface area contributed by atoms with Crippen molar-refractivity contribution in [2.75, 3.05) is 0 Å². The molecule has 0 bridgehead atoms. The van der Waals surface area contributed by atoms with E-state index >= 15 is 0 Å². The van der Waals surface area contributed by atoms with E-state index < -0.39 is 0 Å². The van der Waals surface area contributed by atoms with E-state index in [2.05, 4.69) is 23.5 Å². The van der Waals surface area contributed by atoms with Gasteiger partial charge in [0, 0.05) is 11.6 Å². The fourth-order valence-corrected chi connectivity index (χ4v) is 2.84. The van der Waals surface area contributed by atoms with E-state index in [1.807, 2.05) is 13.0 Å². The molecule has 1 aliphatic rings. The number of amides is 1. The average Bonchev–Trinajstić information content (AvgIpc) is 2.50. The predicted octanol–water partition coefficient (Wildman–Crippen LogP) is 2.99. The molecule has 108 valence electrons. The lowest BCUT2D eigenvalue weighted by Crippen LogP contribution is -2.38. The lowest BCUT2D eigenvalue weighted by Gasteiger charge is -2.25. The van der Waals surface area contributed by atoms with Crippen molar-refractivity contribution in [3.63, 3.8) is 0 Å². The van der Waals surface area contributed by atoms with E-state index in [1.165, 1.54) is 17.2 Å². The Morgan fingerprint density at radius 3 is 2.71 bits per heavy atom. The molecule has 21 heavy (non-hydrogen) atoms. The summed E-state index contributed by atoms with van der Waals surface area (Å²) in [5, 5.41) is 12.8. The maximum Gasteiger partial charge on any atom is 0.251 e. The highest BCUT2D eigenvalue weighted by Crippen LogP contribution is 2.22. The summed E-state index contributed by atoms with van der Waals surface area (Å²) in [4.78, 5) is 12.3. The summed E-state index contributed by atoms with van der Waals surface area (Å²) in [5.41, 5.74) is 3.99. The molecule has 3 rings (SSSR count). The van der Waals surface area contributed by atoms with Gasteiger partial charge in [-0.15, -0.1) is 0 Å². The third-order valence-electron chi connectivity index (χ3n) is 4.15. The van der Waals surface area contributed by atoms with Crippen LogP contribution in [-0.4, -0.2) is 17.1 Å². The van der Waals surface area contributed by atoms with Crippen LogP contribution in [0.15, 0.2) is 42.5 Å². The van der Waals surface area contributed by atoms with Crippen LogP contribution in [0.1, 0.15) is 33.5 Å². The van der Waals surface area contributed by atoms with Crippen LogP contribution in [0.25, 0.3) is 0 Å². The van der Waals surface area contributed by atoms with E-state index in [-0.39, 0.29) is 17.7 Å². The van der Waals surface area contributed by atoms with Crippen molar-refractivity contribution in [3.8, 4) is 5.75 Å². The molecule has 2 N–H and O–H groups in total. The van der Waals surface area contributed by atoms with E-state index in [4.69, 9.17) is 0 Å². The second-order valence-corrected chi connectivity index (χ2v) is 5.68. The van der Waals surface area contributed by atoms with Crippen molar-refractivity contribution in [3.05, 3.63) is 64.7 Å². The van der Waals surface area contributed by atoms with E-state index in [0.717, 1.165) is 24.8 Å². The van der Waals surface area contributed by atoms with E-state index in [0.29, 0.717) is 5.56 Å². The summed E-state index contributed by atoms with van der Waals surface area (Å²) >= 11 is 0. The molecule has 1 aliphatic carbocycles. The van der Waals surface area contributed by atoms with Crippen LogP contribution in [0.4, 0.5) is 0 Å². The van der Waals surface area contributed by atoms with Crippen LogP contribution in [0, 0.1) is 6.92 Å². The van der Waals surface area contributed by atoms with Crippen LogP contribution >= 0.6 is 0 Å². The molecule has 1 unspecified atom stereocenters. The molecule has 1 atom stereocenters. The van der Waals surface area contributed by atoms with Gasteiger partial charge in [-0.25, -0.2) is 0 Å². The summed E-state index contributed by atoms with van der Waals surface area (Å²) in [6.45, 7) is 1.81. The molecule has 0 spiro atoms. The molecule has 2 aromatic rings. The Kier molecular flexibility index (Phi) is 3.65. The van der Waals surface area contributed by atoms with Gasteiger partial charge in [0.2, 0.25) is 0 Å². The SMILES string of the molecule is Cc1ccc(C(=O)NC2CCc3ccccc3C2)cc1O. The monoisotopic (exact) mass is 281 g/mol. The normalized spacial score (nSPS) is 17.1. The fraction of sp³-hybridized carbons (Fsp3) is 0.278. The lowest BCUT2D eigenvalue weighted by atomic mass is 9.88. The Labute approximate surface area is 124 Å². The third kappa shape index (κ3) is 2.92. The zero-order chi connectivity index (χ0) is 14.8. The molecule has 0 saturated heterocycles. The van der Waals surface area contributed by atoms with E-state index in [1.54, 1.807) is 12.1 Å². The summed E-state index contributed by atoms with van der Waals surface area (Å²) in [6.07, 6.45) is 2.83. The van der Waals surface area contributed by atoms with Crippen LogP contribution in [0.2, 0.25) is 0 Å². The topological polar surface area (TPSA) is 49.3 Å². The summed E-state index contributed by atoms with van der Waals surface area (Å²) in [6, 6.07) is 13.6. The van der Waals surface area contributed by atoms with Crippen molar-refractivity contribution >= 4 is 5.91 Å². The Bertz CT molecular complexity index is 679. The number of benzene rings is 2. The second-order valence-electron chi connectivity index (χ2n) is 5.68. The van der Waals surface area contributed by atoms with Gasteiger partial charge in [-0.05, 0) is 55.0 Å². The summed E-state index contributed by atoms with van der Waals surface area (Å²) in [7, 11) is 0. The van der Waals surface area contributed by atoms with Gasteiger partial charge in [-0.2, -0.15) is 0 Å². The first-order valence-electron chi connectivity index (χ1n) is 7.31. The van der Waals surface area contributed by atoms with Gasteiger partial charge in [0.05, 0.1) is 0 Å². The number of aryl methyl sites for hydroxylation is 2. The molecule has 0 saturated carbocycles. The highest BCUT2D eigenvalue weighted by Gasteiger charge is 2.20. The first-order valence-corrected chi connectivity index (χ1v) is 7.31. The molecule has 0 aliphatic heterocycles. The zero-order valence-corrected chi connectivity index (χ0v) is 12.1. The maximum absolute atomic E-state index is 12.3. The van der Waals surface area contributed by atoms with Gasteiger partial charge in [0.1, 0.15) is 5.75 Å². The molecule has 2 aromatic carbocycles. The summed E-state index contributed by atoms with van der Waals surface area (Å²) in [5.74, 6) is 0.0475. The molecule has 0 radical (unpaired) electrons. The largest absolute Gasteiger partial charge is 0.508 e. The van der Waals surface area contributed by atoms with Crippen molar-refractivity contribution in [1.82, 2.24) is 5.32 Å². The van der Waals surface area contributed by atoms with Crippen molar-refractivity contribution in [1.29, 1.82) is 0 Å². The second kappa shape index (κ2) is 5.60. The van der Waals surface area contributed by atoms with E-state index in [9.17, 15) is 9.90 Å². The number of phenolic OH excluding ortho intramolecular Hbond substituents is 1. The molecule has 3 heteroatoms. The molecular weight excluding hydrogens is 262 g/mol. The minimum Gasteiger partial charge on any atom is -0.508 e. The molecular formula is C18H19NO2. The molecule has 0 fully saturated rings. The minimum absolute atomic E-state index is 0.116. The van der Waals surface area contributed by atoms with Crippen LogP contribution in [-0.2, 0) is 12.8 Å². The van der Waals surface area contributed by atoms with Gasteiger partial charge in [-0.1, -0.05) is 30.3 Å². The number of carbonyl (C=O) groups is 1. The van der Waals surface area contributed by atoms with Gasteiger partial charge < -0.3 is 10.4 Å². The molecule has 3 nitrogen and oxygen atoms in total. The number of hydrogen-bond donors (Lipinski definition) is 2. The molecule has 0 heterocycles. The zero-order valence-electron chi connectivity index (χ0n) is 12.1.